The van der Waals surface area contributed by atoms with E-state index in [0.717, 1.165) is 38.1 Å². The molecule has 0 N–H and O–H groups in total. The van der Waals surface area contributed by atoms with Gasteiger partial charge in [0.1, 0.15) is 0 Å². The average molecular weight is 305 g/mol. The van der Waals surface area contributed by atoms with E-state index in [0.29, 0.717) is 5.41 Å². The lowest BCUT2D eigenvalue weighted by Crippen LogP contribution is -2.31. The van der Waals surface area contributed by atoms with Gasteiger partial charge < -0.3 is 9.47 Å². The van der Waals surface area contributed by atoms with Crippen molar-refractivity contribution < 1.29 is 9.47 Å². The number of rotatable bonds is 8. The molecule has 0 aliphatic heterocycles. The van der Waals surface area contributed by atoms with Crippen molar-refractivity contribution in [3.63, 3.8) is 0 Å². The minimum Gasteiger partial charge on any atom is -0.385 e. The Hall–Kier alpha value is 0.400. The van der Waals surface area contributed by atoms with Crippen LogP contribution in [0.25, 0.3) is 0 Å². The van der Waals surface area contributed by atoms with Gasteiger partial charge in [0, 0.05) is 32.3 Å². The first-order valence-corrected chi connectivity index (χ1v) is 8.05. The zero-order chi connectivity index (χ0) is 12.1. The van der Waals surface area contributed by atoms with E-state index in [-0.39, 0.29) is 0 Å². The first kappa shape index (κ1) is 13.8. The van der Waals surface area contributed by atoms with Gasteiger partial charge in [0.2, 0.25) is 0 Å². The molecule has 3 heteroatoms. The van der Waals surface area contributed by atoms with E-state index in [2.05, 4.69) is 15.9 Å². The summed E-state index contributed by atoms with van der Waals surface area (Å²) in [6.07, 6.45) is 8.12. The predicted molar refractivity (Wildman–Crippen MR) is 73.6 cm³/mol. The molecule has 0 aromatic carbocycles. The molecular weight excluding hydrogens is 280 g/mol. The molecule has 17 heavy (non-hydrogen) atoms. The maximum Gasteiger partial charge on any atom is 0.0487 e. The second-order valence-electron chi connectivity index (χ2n) is 5.78. The Morgan fingerprint density at radius 1 is 1.24 bits per heavy atom. The van der Waals surface area contributed by atoms with Crippen LogP contribution in [-0.4, -0.2) is 32.3 Å². The van der Waals surface area contributed by atoms with Crippen LogP contribution in [0.4, 0.5) is 0 Å². The molecule has 0 aromatic rings. The van der Waals surface area contributed by atoms with Crippen LogP contribution in [0.5, 0.6) is 0 Å². The van der Waals surface area contributed by atoms with Gasteiger partial charge in [-0.25, -0.2) is 0 Å². The van der Waals surface area contributed by atoms with Crippen molar-refractivity contribution in [1.82, 2.24) is 0 Å². The molecule has 2 saturated carbocycles. The summed E-state index contributed by atoms with van der Waals surface area (Å²) < 4.78 is 10.7. The van der Waals surface area contributed by atoms with E-state index in [1.807, 2.05) is 0 Å². The number of hydrogen-bond acceptors (Lipinski definition) is 2. The number of alkyl halides is 1. The second-order valence-corrected chi connectivity index (χ2v) is 6.35. The Kier molecular flexibility index (Phi) is 5.31. The average Bonchev–Trinajstić information content (AvgIpc) is 2.94. The van der Waals surface area contributed by atoms with Gasteiger partial charge in [0.15, 0.2) is 0 Å². The molecular formula is C14H25BrO2. The van der Waals surface area contributed by atoms with Gasteiger partial charge in [-0.05, 0) is 49.4 Å². The smallest absolute Gasteiger partial charge is 0.0487 e. The van der Waals surface area contributed by atoms with Crippen LogP contribution in [0, 0.1) is 17.3 Å². The minimum absolute atomic E-state index is 0.560. The molecule has 100 valence electrons. The van der Waals surface area contributed by atoms with Gasteiger partial charge >= 0.3 is 0 Å². The van der Waals surface area contributed by atoms with Gasteiger partial charge in [-0.1, -0.05) is 22.4 Å². The Balaban J connectivity index is 1.66. The van der Waals surface area contributed by atoms with Crippen LogP contribution in [0.1, 0.15) is 38.5 Å². The van der Waals surface area contributed by atoms with Crippen molar-refractivity contribution in [2.45, 2.75) is 38.5 Å². The van der Waals surface area contributed by atoms with E-state index in [9.17, 15) is 0 Å². The molecule has 2 aliphatic rings. The fourth-order valence-corrected chi connectivity index (χ4v) is 4.74. The molecule has 2 nitrogen and oxygen atoms in total. The van der Waals surface area contributed by atoms with Crippen LogP contribution in [-0.2, 0) is 9.47 Å². The first-order chi connectivity index (χ1) is 8.30. The lowest BCUT2D eigenvalue weighted by atomic mass is 9.72. The van der Waals surface area contributed by atoms with Crippen LogP contribution >= 0.6 is 15.9 Å². The summed E-state index contributed by atoms with van der Waals surface area (Å²) >= 11 is 3.75. The minimum atomic E-state index is 0.560. The third kappa shape index (κ3) is 3.24. The largest absolute Gasteiger partial charge is 0.385 e. The monoisotopic (exact) mass is 304 g/mol. The zero-order valence-electron chi connectivity index (χ0n) is 10.9. The van der Waals surface area contributed by atoms with Gasteiger partial charge in [0.05, 0.1) is 0 Å². The molecule has 3 atom stereocenters. The van der Waals surface area contributed by atoms with E-state index in [4.69, 9.17) is 9.47 Å². The highest BCUT2D eigenvalue weighted by molar-refractivity contribution is 9.09. The molecule has 0 spiro atoms. The lowest BCUT2D eigenvalue weighted by molar-refractivity contribution is 0.0643. The number of fused-ring (bicyclic) bond motifs is 2. The Bertz CT molecular complexity index is 234. The third-order valence-corrected chi connectivity index (χ3v) is 5.87. The van der Waals surface area contributed by atoms with Crippen molar-refractivity contribution in [2.24, 2.45) is 17.3 Å². The van der Waals surface area contributed by atoms with Gasteiger partial charge in [0.25, 0.3) is 0 Å². The summed E-state index contributed by atoms with van der Waals surface area (Å²) in [4.78, 5) is 0. The Morgan fingerprint density at radius 3 is 2.71 bits per heavy atom. The maximum absolute atomic E-state index is 5.73. The highest BCUT2D eigenvalue weighted by Gasteiger charge is 2.49. The van der Waals surface area contributed by atoms with Crippen molar-refractivity contribution in [3.8, 4) is 0 Å². The first-order valence-electron chi connectivity index (χ1n) is 6.93. The van der Waals surface area contributed by atoms with Crippen LogP contribution < -0.4 is 0 Å². The van der Waals surface area contributed by atoms with Gasteiger partial charge in [-0.15, -0.1) is 0 Å². The fourth-order valence-electron chi connectivity index (χ4n) is 3.78. The standard InChI is InChI=1S/C14H25BrO2/c1-16-6-2-7-17-8-5-14(11-15)10-12-3-4-13(14)9-12/h12-13H,2-11H2,1H3. The van der Waals surface area contributed by atoms with E-state index in [1.54, 1.807) is 7.11 Å². The molecule has 0 aromatic heterocycles. The van der Waals surface area contributed by atoms with E-state index >= 15 is 0 Å². The zero-order valence-corrected chi connectivity index (χ0v) is 12.5. The van der Waals surface area contributed by atoms with Crippen molar-refractivity contribution in [3.05, 3.63) is 0 Å². The molecule has 2 aliphatic carbocycles. The Morgan fingerprint density at radius 2 is 2.12 bits per heavy atom. The molecule has 2 rings (SSSR count). The van der Waals surface area contributed by atoms with Crippen molar-refractivity contribution >= 4 is 15.9 Å². The predicted octanol–water partition coefficient (Wildman–Crippen LogP) is 3.63. The van der Waals surface area contributed by atoms with Gasteiger partial charge in [-0.2, -0.15) is 0 Å². The molecule has 3 unspecified atom stereocenters. The molecule has 0 amide bonds. The van der Waals surface area contributed by atoms with Crippen LogP contribution in [0.15, 0.2) is 0 Å². The number of methoxy groups -OCH3 is 1. The summed E-state index contributed by atoms with van der Waals surface area (Å²) in [5.41, 5.74) is 0.560. The van der Waals surface area contributed by atoms with E-state index < -0.39 is 0 Å². The van der Waals surface area contributed by atoms with Crippen molar-refractivity contribution in [2.75, 3.05) is 32.3 Å². The number of ether oxygens (including phenoxy) is 2. The van der Waals surface area contributed by atoms with E-state index in [1.165, 1.54) is 37.4 Å². The summed E-state index contributed by atoms with van der Waals surface area (Å²) in [5.74, 6) is 1.99. The fraction of sp³-hybridized carbons (Fsp3) is 1.00. The quantitative estimate of drug-likeness (QED) is 0.503. The SMILES string of the molecule is COCCCOCCC1(CBr)CC2CCC1C2. The second kappa shape index (κ2) is 6.53. The highest BCUT2D eigenvalue weighted by Crippen LogP contribution is 2.58. The van der Waals surface area contributed by atoms with Gasteiger partial charge in [-0.3, -0.25) is 0 Å². The normalized spacial score (nSPS) is 35.6. The molecule has 0 saturated heterocycles. The van der Waals surface area contributed by atoms with Crippen LogP contribution in [0.2, 0.25) is 0 Å². The Labute approximate surface area is 114 Å². The highest BCUT2D eigenvalue weighted by atomic mass is 79.9. The summed E-state index contributed by atoms with van der Waals surface area (Å²) in [7, 11) is 1.75. The topological polar surface area (TPSA) is 18.5 Å². The maximum atomic E-state index is 5.73. The van der Waals surface area contributed by atoms with Crippen LogP contribution in [0.3, 0.4) is 0 Å². The third-order valence-electron chi connectivity index (χ3n) is 4.75. The number of halogens is 1. The van der Waals surface area contributed by atoms with Crippen molar-refractivity contribution in [1.29, 1.82) is 0 Å². The molecule has 0 heterocycles. The molecule has 2 bridgehead atoms. The summed E-state index contributed by atoms with van der Waals surface area (Å²) in [6, 6.07) is 0. The number of hydrogen-bond donors (Lipinski definition) is 0. The molecule has 2 fully saturated rings. The molecule has 0 radical (unpaired) electrons. The lowest BCUT2D eigenvalue weighted by Gasteiger charge is -2.36. The summed E-state index contributed by atoms with van der Waals surface area (Å²) in [6.45, 7) is 2.59. The summed E-state index contributed by atoms with van der Waals surface area (Å²) in [5, 5.41) is 1.17.